The van der Waals surface area contributed by atoms with Gasteiger partial charge in [0.25, 0.3) is 5.91 Å². The van der Waals surface area contributed by atoms with E-state index in [1.807, 2.05) is 37.3 Å². The predicted molar refractivity (Wildman–Crippen MR) is 116 cm³/mol. The van der Waals surface area contributed by atoms with E-state index in [1.165, 1.54) is 5.56 Å². The highest BCUT2D eigenvalue weighted by atomic mass is 16.4. The number of nitrogens with one attached hydrogen (secondary N) is 1. The molecule has 2 aromatic rings. The number of hydrogen-bond donors (Lipinski definition) is 2. The lowest BCUT2D eigenvalue weighted by molar-refractivity contribution is -0.112. The Bertz CT molecular complexity index is 1010. The monoisotopic (exact) mass is 402 g/mol. The van der Waals surface area contributed by atoms with Crippen molar-refractivity contribution in [3.63, 3.8) is 0 Å². The third kappa shape index (κ3) is 5.36. The Hall–Kier alpha value is -3.39. The van der Waals surface area contributed by atoms with Crippen LogP contribution in [0.4, 0.5) is 5.69 Å². The lowest BCUT2D eigenvalue weighted by Crippen LogP contribution is -2.16. The van der Waals surface area contributed by atoms with Crippen LogP contribution in [-0.4, -0.2) is 17.0 Å². The first-order chi connectivity index (χ1) is 14.5. The van der Waals surface area contributed by atoms with Crippen LogP contribution in [0.1, 0.15) is 59.2 Å². The summed E-state index contributed by atoms with van der Waals surface area (Å²) in [5.74, 6) is -1.24. The van der Waals surface area contributed by atoms with Gasteiger partial charge in [-0.3, -0.25) is 4.79 Å². The molecule has 30 heavy (non-hydrogen) atoms. The van der Waals surface area contributed by atoms with E-state index in [0.717, 1.165) is 61.6 Å². The summed E-state index contributed by atoms with van der Waals surface area (Å²) in [6.07, 6.45) is 6.54. The Morgan fingerprint density at radius 2 is 1.73 bits per heavy atom. The molecule has 5 nitrogen and oxygen atoms in total. The van der Waals surface area contributed by atoms with Gasteiger partial charge in [0.15, 0.2) is 0 Å². The van der Waals surface area contributed by atoms with Gasteiger partial charge in [0.05, 0.1) is 5.56 Å². The molecule has 3 rings (SSSR count). The number of carbonyl (C=O) groups excluding carboxylic acids is 1. The van der Waals surface area contributed by atoms with Crippen molar-refractivity contribution in [1.29, 1.82) is 5.26 Å². The normalized spacial score (nSPS) is 13.4. The fourth-order valence-electron chi connectivity index (χ4n) is 3.86. The van der Waals surface area contributed by atoms with Crippen molar-refractivity contribution >= 4 is 17.6 Å². The molecule has 0 bridgehead atoms. The molecule has 0 unspecified atom stereocenters. The van der Waals surface area contributed by atoms with Crippen molar-refractivity contribution in [3.8, 4) is 6.07 Å². The quantitative estimate of drug-likeness (QED) is 0.513. The summed E-state index contributed by atoms with van der Waals surface area (Å²) in [6, 6.07) is 14.8. The number of aromatic carboxylic acids is 1. The third-order valence-corrected chi connectivity index (χ3v) is 5.63. The molecule has 2 N–H and O–H groups in total. The summed E-state index contributed by atoms with van der Waals surface area (Å²) < 4.78 is 0. The predicted octanol–water partition coefficient (Wildman–Crippen LogP) is 5.20. The lowest BCUT2D eigenvalue weighted by Gasteiger charge is -2.16. The minimum absolute atomic E-state index is 0.265. The van der Waals surface area contributed by atoms with E-state index in [0.29, 0.717) is 5.69 Å². The van der Waals surface area contributed by atoms with E-state index in [2.05, 4.69) is 11.4 Å². The molecule has 1 saturated carbocycles. The second-order valence-corrected chi connectivity index (χ2v) is 7.75. The zero-order valence-corrected chi connectivity index (χ0v) is 17.2. The Morgan fingerprint density at radius 1 is 1.03 bits per heavy atom. The van der Waals surface area contributed by atoms with E-state index >= 15 is 0 Å². The SMILES string of the molecule is Cc1cc(NC(=O)C(C#N)=C2CCCCC2)ccc1CCc1ccc(C(=O)O)cc1. The van der Waals surface area contributed by atoms with Crippen molar-refractivity contribution in [2.75, 3.05) is 5.32 Å². The van der Waals surface area contributed by atoms with Crippen LogP contribution in [-0.2, 0) is 17.6 Å². The maximum absolute atomic E-state index is 12.6. The zero-order valence-electron chi connectivity index (χ0n) is 17.2. The lowest BCUT2D eigenvalue weighted by atomic mass is 9.91. The van der Waals surface area contributed by atoms with Crippen LogP contribution in [0, 0.1) is 18.3 Å². The number of carboxylic acid groups (broad SMARTS) is 1. The van der Waals surface area contributed by atoms with Crippen LogP contribution in [0.5, 0.6) is 0 Å². The minimum atomic E-state index is -0.922. The number of hydrogen-bond acceptors (Lipinski definition) is 3. The maximum Gasteiger partial charge on any atom is 0.335 e. The number of nitriles is 1. The minimum Gasteiger partial charge on any atom is -0.478 e. The van der Waals surface area contributed by atoms with Gasteiger partial charge in [-0.2, -0.15) is 5.26 Å². The molecular formula is C25H26N2O3. The van der Waals surface area contributed by atoms with Gasteiger partial charge in [-0.25, -0.2) is 4.79 Å². The second kappa shape index (κ2) is 9.89. The Kier molecular flexibility index (Phi) is 7.03. The van der Waals surface area contributed by atoms with Gasteiger partial charge in [0, 0.05) is 5.69 Å². The first-order valence-corrected chi connectivity index (χ1v) is 10.3. The van der Waals surface area contributed by atoms with Gasteiger partial charge in [-0.15, -0.1) is 0 Å². The number of benzene rings is 2. The van der Waals surface area contributed by atoms with E-state index in [1.54, 1.807) is 12.1 Å². The van der Waals surface area contributed by atoms with Gasteiger partial charge >= 0.3 is 5.97 Å². The van der Waals surface area contributed by atoms with Crippen molar-refractivity contribution in [3.05, 3.63) is 75.9 Å². The van der Waals surface area contributed by atoms with Crippen LogP contribution in [0.15, 0.2) is 53.6 Å². The molecule has 0 heterocycles. The number of allylic oxidation sites excluding steroid dienone is 1. The number of nitrogens with zero attached hydrogens (tertiary/aromatic N) is 1. The molecule has 2 aromatic carbocycles. The molecule has 1 amide bonds. The van der Waals surface area contributed by atoms with Gasteiger partial charge in [0.2, 0.25) is 0 Å². The average Bonchev–Trinajstić information content (AvgIpc) is 2.75. The molecule has 0 radical (unpaired) electrons. The molecule has 1 aliphatic rings. The molecular weight excluding hydrogens is 376 g/mol. The molecule has 1 aliphatic carbocycles. The number of rotatable bonds is 6. The Morgan fingerprint density at radius 3 is 2.33 bits per heavy atom. The highest BCUT2D eigenvalue weighted by Crippen LogP contribution is 2.26. The molecule has 0 aliphatic heterocycles. The Labute approximate surface area is 177 Å². The molecule has 5 heteroatoms. The highest BCUT2D eigenvalue weighted by molar-refractivity contribution is 6.07. The van der Waals surface area contributed by atoms with E-state index < -0.39 is 5.97 Å². The van der Waals surface area contributed by atoms with Gasteiger partial charge in [-0.05, 0) is 92.0 Å². The van der Waals surface area contributed by atoms with Crippen LogP contribution >= 0.6 is 0 Å². The first-order valence-electron chi connectivity index (χ1n) is 10.3. The van der Waals surface area contributed by atoms with Crippen molar-refractivity contribution in [1.82, 2.24) is 0 Å². The van der Waals surface area contributed by atoms with Crippen molar-refractivity contribution < 1.29 is 14.7 Å². The molecule has 0 spiro atoms. The zero-order chi connectivity index (χ0) is 21.5. The summed E-state index contributed by atoms with van der Waals surface area (Å²) in [5, 5.41) is 21.3. The number of amides is 1. The molecule has 0 atom stereocenters. The standard InChI is InChI=1S/C25H26N2O3/c1-17-15-22(27-24(28)23(16-26)20-5-3-2-4-6-20)14-13-19(17)10-7-18-8-11-21(12-9-18)25(29)30/h8-9,11-15H,2-7,10H2,1H3,(H,27,28)(H,29,30). The second-order valence-electron chi connectivity index (χ2n) is 7.75. The van der Waals surface area contributed by atoms with Crippen LogP contribution in [0.3, 0.4) is 0 Å². The summed E-state index contributed by atoms with van der Waals surface area (Å²) in [7, 11) is 0. The number of anilines is 1. The summed E-state index contributed by atoms with van der Waals surface area (Å²) in [4.78, 5) is 23.5. The average molecular weight is 402 g/mol. The summed E-state index contributed by atoms with van der Waals surface area (Å²) in [5.41, 5.74) is 5.53. The van der Waals surface area contributed by atoms with E-state index in [4.69, 9.17) is 5.11 Å². The third-order valence-electron chi connectivity index (χ3n) is 5.63. The first kappa shape index (κ1) is 21.3. The van der Waals surface area contributed by atoms with Crippen LogP contribution in [0.25, 0.3) is 0 Å². The van der Waals surface area contributed by atoms with Crippen LogP contribution < -0.4 is 5.32 Å². The van der Waals surface area contributed by atoms with Crippen molar-refractivity contribution in [2.45, 2.75) is 51.9 Å². The fraction of sp³-hybridized carbons (Fsp3) is 0.320. The Balaban J connectivity index is 1.64. The molecule has 1 fully saturated rings. The maximum atomic E-state index is 12.6. The molecule has 154 valence electrons. The van der Waals surface area contributed by atoms with Gasteiger partial charge in [-0.1, -0.05) is 24.6 Å². The molecule has 0 aromatic heterocycles. The summed E-state index contributed by atoms with van der Waals surface area (Å²) >= 11 is 0. The van der Waals surface area contributed by atoms with Gasteiger partial charge in [0.1, 0.15) is 11.6 Å². The number of carboxylic acids is 1. The number of aryl methyl sites for hydroxylation is 3. The van der Waals surface area contributed by atoms with Crippen molar-refractivity contribution in [2.24, 2.45) is 0 Å². The molecule has 0 saturated heterocycles. The number of carbonyl (C=O) groups is 2. The smallest absolute Gasteiger partial charge is 0.335 e. The van der Waals surface area contributed by atoms with Gasteiger partial charge < -0.3 is 10.4 Å². The van der Waals surface area contributed by atoms with E-state index in [-0.39, 0.29) is 17.0 Å². The topological polar surface area (TPSA) is 90.2 Å². The largest absolute Gasteiger partial charge is 0.478 e. The fourth-order valence-corrected chi connectivity index (χ4v) is 3.86. The van der Waals surface area contributed by atoms with Crippen LogP contribution in [0.2, 0.25) is 0 Å². The summed E-state index contributed by atoms with van der Waals surface area (Å²) in [6.45, 7) is 2.00. The highest BCUT2D eigenvalue weighted by Gasteiger charge is 2.18. The van der Waals surface area contributed by atoms with E-state index in [9.17, 15) is 14.9 Å².